The highest BCUT2D eigenvalue weighted by Crippen LogP contribution is 2.18. The molecule has 2 rings (SSSR count). The molecule has 0 amide bonds. The Morgan fingerprint density at radius 1 is 1.26 bits per heavy atom. The number of benzene rings is 1. The molecule has 5 nitrogen and oxygen atoms in total. The molecule has 0 saturated carbocycles. The Morgan fingerprint density at radius 3 is 2.63 bits per heavy atom. The van der Waals surface area contributed by atoms with Crippen molar-refractivity contribution >= 4 is 5.84 Å². The molecule has 0 aliphatic carbocycles. The normalized spacial score (nSPS) is 21.8. The maximum absolute atomic E-state index is 6.55. The number of allylic oxidation sites excluding steroid dienone is 1. The highest BCUT2D eigenvalue weighted by Gasteiger charge is 2.25. The highest BCUT2D eigenvalue weighted by atomic mass is 15.3. The molecule has 1 atom stereocenters. The summed E-state index contributed by atoms with van der Waals surface area (Å²) in [6, 6.07) is 8.85. The fraction of sp³-hybridized carbons (Fsp3) is 0.500. The zero-order chi connectivity index (χ0) is 20.0. The molecular weight excluding hydrogens is 334 g/mol. The smallest absolute Gasteiger partial charge is 0.106 e. The second-order valence-electron chi connectivity index (χ2n) is 7.79. The molecule has 2 N–H and O–H groups in total. The van der Waals surface area contributed by atoms with Crippen molar-refractivity contribution in [3.8, 4) is 0 Å². The number of nitrogens with zero attached hydrogens (tertiary/aromatic N) is 4. The Hall–Kier alpha value is -2.11. The Bertz CT molecular complexity index is 715. The number of nitrogens with two attached hydrogens (primary N) is 1. The average Bonchev–Trinajstić information content (AvgIpc) is 2.64. The van der Waals surface area contributed by atoms with Crippen LogP contribution in [0.5, 0.6) is 0 Å². The summed E-state index contributed by atoms with van der Waals surface area (Å²) in [5.41, 5.74) is 9.92. The Balaban J connectivity index is 2.22. The Morgan fingerprint density at radius 2 is 1.96 bits per heavy atom. The summed E-state index contributed by atoms with van der Waals surface area (Å²) < 4.78 is 0. The molecule has 0 radical (unpaired) electrons. The third-order valence-corrected chi connectivity index (χ3v) is 5.01. The van der Waals surface area contributed by atoms with Crippen LogP contribution in [0.4, 0.5) is 0 Å². The van der Waals surface area contributed by atoms with Crippen LogP contribution in [0.1, 0.15) is 31.9 Å². The molecule has 1 aliphatic heterocycles. The first-order valence-corrected chi connectivity index (χ1v) is 9.55. The van der Waals surface area contributed by atoms with Gasteiger partial charge in [-0.1, -0.05) is 30.3 Å². The van der Waals surface area contributed by atoms with E-state index in [0.717, 1.165) is 32.0 Å². The fourth-order valence-electron chi connectivity index (χ4n) is 3.40. The van der Waals surface area contributed by atoms with Crippen LogP contribution >= 0.6 is 0 Å². The standard InChI is InChI=1S/C22H35N5/c1-18-11-14-27(19(2)24-4)22(3,23)12-8-13-26(18)17-21-10-7-9-20(15-21)16-25(5)6/h7-12,15H,13-14,16-17,23H2,1-6H3. The fourth-order valence-corrected chi connectivity index (χ4v) is 3.40. The van der Waals surface area contributed by atoms with Gasteiger partial charge in [0.05, 0.1) is 5.84 Å². The van der Waals surface area contributed by atoms with E-state index < -0.39 is 5.66 Å². The molecule has 0 spiro atoms. The van der Waals surface area contributed by atoms with Crippen molar-refractivity contribution in [2.45, 2.75) is 39.5 Å². The maximum Gasteiger partial charge on any atom is 0.106 e. The van der Waals surface area contributed by atoms with Crippen LogP contribution in [0.25, 0.3) is 0 Å². The maximum atomic E-state index is 6.55. The number of hydrogen-bond acceptors (Lipinski definition) is 4. The second kappa shape index (κ2) is 9.20. The van der Waals surface area contributed by atoms with Crippen molar-refractivity contribution in [3.05, 3.63) is 59.3 Å². The van der Waals surface area contributed by atoms with Crippen molar-refractivity contribution in [2.24, 2.45) is 10.7 Å². The van der Waals surface area contributed by atoms with E-state index in [-0.39, 0.29) is 0 Å². The van der Waals surface area contributed by atoms with Crippen molar-refractivity contribution in [1.82, 2.24) is 14.7 Å². The summed E-state index contributed by atoms with van der Waals surface area (Å²) in [6.45, 7) is 9.63. The largest absolute Gasteiger partial charge is 0.367 e. The van der Waals surface area contributed by atoms with E-state index in [1.165, 1.54) is 16.8 Å². The second-order valence-corrected chi connectivity index (χ2v) is 7.79. The summed E-state index contributed by atoms with van der Waals surface area (Å²) in [5.74, 6) is 0.943. The van der Waals surface area contributed by atoms with Crippen molar-refractivity contribution in [3.63, 3.8) is 0 Å². The molecule has 1 aliphatic rings. The van der Waals surface area contributed by atoms with Gasteiger partial charge >= 0.3 is 0 Å². The van der Waals surface area contributed by atoms with Gasteiger partial charge in [-0.15, -0.1) is 0 Å². The van der Waals surface area contributed by atoms with Gasteiger partial charge in [-0.2, -0.15) is 0 Å². The summed E-state index contributed by atoms with van der Waals surface area (Å²) in [5, 5.41) is 0. The van der Waals surface area contributed by atoms with E-state index in [0.29, 0.717) is 0 Å². The monoisotopic (exact) mass is 369 g/mol. The highest BCUT2D eigenvalue weighted by molar-refractivity contribution is 5.80. The van der Waals surface area contributed by atoms with E-state index in [2.05, 4.69) is 83.2 Å². The lowest BCUT2D eigenvalue weighted by molar-refractivity contribution is 0.276. The van der Waals surface area contributed by atoms with Crippen LogP contribution in [0, 0.1) is 0 Å². The SMILES string of the molecule is CN=C(C)N1CC=C(C)N(Cc2cccc(CN(C)C)c2)CC=CC1(C)N. The topological polar surface area (TPSA) is 48.1 Å². The van der Waals surface area contributed by atoms with Crippen molar-refractivity contribution < 1.29 is 0 Å². The molecule has 0 aromatic heterocycles. The molecule has 0 saturated heterocycles. The van der Waals surface area contributed by atoms with Crippen molar-refractivity contribution in [2.75, 3.05) is 34.2 Å². The summed E-state index contributed by atoms with van der Waals surface area (Å²) in [7, 11) is 6.01. The molecule has 1 aromatic carbocycles. The minimum Gasteiger partial charge on any atom is -0.367 e. The van der Waals surface area contributed by atoms with E-state index in [1.54, 1.807) is 0 Å². The molecule has 1 unspecified atom stereocenters. The molecule has 1 aromatic rings. The van der Waals surface area contributed by atoms with Gasteiger partial charge < -0.3 is 20.4 Å². The molecule has 0 bridgehead atoms. The van der Waals surface area contributed by atoms with Crippen LogP contribution in [-0.2, 0) is 13.1 Å². The first-order valence-electron chi connectivity index (χ1n) is 9.55. The van der Waals surface area contributed by atoms with Gasteiger partial charge in [0.25, 0.3) is 0 Å². The summed E-state index contributed by atoms with van der Waals surface area (Å²) >= 11 is 0. The van der Waals surface area contributed by atoms with Gasteiger partial charge in [-0.3, -0.25) is 4.99 Å². The van der Waals surface area contributed by atoms with Gasteiger partial charge in [0, 0.05) is 38.9 Å². The van der Waals surface area contributed by atoms with Crippen LogP contribution in [0.15, 0.2) is 53.2 Å². The lowest BCUT2D eigenvalue weighted by Gasteiger charge is -2.36. The van der Waals surface area contributed by atoms with E-state index in [4.69, 9.17) is 5.73 Å². The first kappa shape index (κ1) is 21.2. The predicted molar refractivity (Wildman–Crippen MR) is 115 cm³/mol. The molecule has 148 valence electrons. The van der Waals surface area contributed by atoms with Crippen LogP contribution in [-0.4, -0.2) is 60.4 Å². The number of rotatable bonds is 4. The number of amidine groups is 1. The Kier molecular flexibility index (Phi) is 7.22. The summed E-state index contributed by atoms with van der Waals surface area (Å²) in [4.78, 5) is 11.1. The van der Waals surface area contributed by atoms with Gasteiger partial charge in [0.2, 0.25) is 0 Å². The van der Waals surface area contributed by atoms with Crippen LogP contribution in [0.2, 0.25) is 0 Å². The van der Waals surface area contributed by atoms with Gasteiger partial charge in [-0.25, -0.2) is 0 Å². The minimum atomic E-state index is -0.554. The quantitative estimate of drug-likeness (QED) is 0.503. The van der Waals surface area contributed by atoms with Gasteiger partial charge in [0.1, 0.15) is 5.66 Å². The third kappa shape index (κ3) is 5.94. The zero-order valence-corrected chi connectivity index (χ0v) is 17.7. The first-order chi connectivity index (χ1) is 12.7. The average molecular weight is 370 g/mol. The zero-order valence-electron chi connectivity index (χ0n) is 17.7. The molecular formula is C22H35N5. The molecule has 5 heteroatoms. The lowest BCUT2D eigenvalue weighted by Crippen LogP contribution is -2.54. The van der Waals surface area contributed by atoms with Gasteiger partial charge in [-0.05, 0) is 58.1 Å². The van der Waals surface area contributed by atoms with Gasteiger partial charge in [0.15, 0.2) is 0 Å². The lowest BCUT2D eigenvalue weighted by atomic mass is 10.1. The van der Waals surface area contributed by atoms with Crippen LogP contribution in [0.3, 0.4) is 0 Å². The molecule has 1 heterocycles. The minimum absolute atomic E-state index is 0.554. The third-order valence-electron chi connectivity index (χ3n) is 5.01. The van der Waals surface area contributed by atoms with E-state index in [9.17, 15) is 0 Å². The van der Waals surface area contributed by atoms with Crippen LogP contribution < -0.4 is 5.73 Å². The molecule has 27 heavy (non-hydrogen) atoms. The Labute approximate surface area is 164 Å². The summed E-state index contributed by atoms with van der Waals surface area (Å²) in [6.07, 6.45) is 6.50. The van der Waals surface area contributed by atoms with E-state index in [1.807, 2.05) is 20.9 Å². The van der Waals surface area contributed by atoms with Crippen molar-refractivity contribution in [1.29, 1.82) is 0 Å². The number of aliphatic imine (C=N–C) groups is 1. The molecule has 0 fully saturated rings. The van der Waals surface area contributed by atoms with E-state index >= 15 is 0 Å². The predicted octanol–water partition coefficient (Wildman–Crippen LogP) is 3.05. The number of hydrogen-bond donors (Lipinski definition) is 1.